The van der Waals surface area contributed by atoms with Crippen LogP contribution in [0.3, 0.4) is 0 Å². The Morgan fingerprint density at radius 3 is 1.83 bits per heavy atom. The summed E-state index contributed by atoms with van der Waals surface area (Å²) in [5.74, 6) is -0.481. The first-order chi connectivity index (χ1) is 8.23. The van der Waals surface area contributed by atoms with Crippen LogP contribution in [0.15, 0.2) is 0 Å². The van der Waals surface area contributed by atoms with Gasteiger partial charge in [0.25, 0.3) is 0 Å². The van der Waals surface area contributed by atoms with Gasteiger partial charge in [0, 0.05) is 33.3 Å². The Kier molecular flexibility index (Phi) is 4.32. The average Bonchev–Trinajstić information content (AvgIpc) is 2.58. The summed E-state index contributed by atoms with van der Waals surface area (Å²) in [6.45, 7) is 5.46. The third kappa shape index (κ3) is 2.35. The second kappa shape index (κ2) is 5.08. The van der Waals surface area contributed by atoms with Gasteiger partial charge in [0.05, 0.1) is 0 Å². The molecule has 0 aliphatic carbocycles. The lowest BCUT2D eigenvalue weighted by Gasteiger charge is -2.32. The molecular formula is C11H21NO5Si. The monoisotopic (exact) mass is 275 g/mol. The van der Waals surface area contributed by atoms with Crippen molar-refractivity contribution in [1.29, 1.82) is 0 Å². The molecule has 6 nitrogen and oxygen atoms in total. The number of carbonyl (C=O) groups excluding carboxylic acids is 2. The molecule has 18 heavy (non-hydrogen) atoms. The third-order valence-electron chi connectivity index (χ3n) is 3.10. The zero-order chi connectivity index (χ0) is 14.1. The van der Waals surface area contributed by atoms with Crippen molar-refractivity contribution in [2.45, 2.75) is 38.3 Å². The van der Waals surface area contributed by atoms with Gasteiger partial charge in [0.2, 0.25) is 11.8 Å². The van der Waals surface area contributed by atoms with Gasteiger partial charge in [0.15, 0.2) is 0 Å². The van der Waals surface area contributed by atoms with Crippen LogP contribution in [0.5, 0.6) is 0 Å². The Balaban J connectivity index is 3.09. The zero-order valence-electron chi connectivity index (χ0n) is 11.8. The second-order valence-electron chi connectivity index (χ2n) is 5.21. The maximum atomic E-state index is 12.4. The molecule has 1 fully saturated rings. The molecule has 0 saturated carbocycles. The summed E-state index contributed by atoms with van der Waals surface area (Å²) in [4.78, 5) is 25.7. The molecule has 1 aliphatic heterocycles. The van der Waals surface area contributed by atoms with Gasteiger partial charge in [-0.1, -0.05) is 0 Å². The summed E-state index contributed by atoms with van der Waals surface area (Å²) in [6, 6.07) is 0. The Bertz CT molecular complexity index is 340. The first-order valence-electron chi connectivity index (χ1n) is 5.76. The maximum absolute atomic E-state index is 12.4. The highest BCUT2D eigenvalue weighted by molar-refractivity contribution is 6.67. The van der Waals surface area contributed by atoms with Crippen molar-refractivity contribution in [2.24, 2.45) is 0 Å². The predicted molar refractivity (Wildman–Crippen MR) is 66.8 cm³/mol. The van der Waals surface area contributed by atoms with Crippen LogP contribution < -0.4 is 0 Å². The number of imide groups is 1. The zero-order valence-corrected chi connectivity index (χ0v) is 12.8. The highest BCUT2D eigenvalue weighted by Crippen LogP contribution is 2.38. The first kappa shape index (κ1) is 15.3. The molecule has 0 aromatic carbocycles. The fourth-order valence-electron chi connectivity index (χ4n) is 2.29. The lowest BCUT2D eigenvalue weighted by Crippen LogP contribution is -2.52. The van der Waals surface area contributed by atoms with E-state index in [4.69, 9.17) is 13.3 Å². The van der Waals surface area contributed by atoms with Crippen LogP contribution >= 0.6 is 0 Å². The van der Waals surface area contributed by atoms with Crippen molar-refractivity contribution in [2.75, 3.05) is 21.3 Å². The predicted octanol–water partition coefficient (Wildman–Crippen LogP) is 0.792. The van der Waals surface area contributed by atoms with Gasteiger partial charge in [0.1, 0.15) is 5.54 Å². The fraction of sp³-hybridized carbons (Fsp3) is 0.818. The third-order valence-corrected chi connectivity index (χ3v) is 6.11. The number of amides is 2. The molecule has 0 radical (unpaired) electrons. The minimum Gasteiger partial charge on any atom is -0.376 e. The summed E-state index contributed by atoms with van der Waals surface area (Å²) in [5, 5.41) is 0. The minimum absolute atomic E-state index is 0.0812. The molecule has 0 bridgehead atoms. The van der Waals surface area contributed by atoms with Gasteiger partial charge >= 0.3 is 8.80 Å². The highest BCUT2D eigenvalue weighted by Gasteiger charge is 2.59. The van der Waals surface area contributed by atoms with E-state index in [1.165, 1.54) is 26.2 Å². The van der Waals surface area contributed by atoms with Gasteiger partial charge in [-0.25, -0.2) is 0 Å². The van der Waals surface area contributed by atoms with Crippen LogP contribution in [-0.2, 0) is 22.9 Å². The van der Waals surface area contributed by atoms with E-state index in [9.17, 15) is 9.59 Å². The van der Waals surface area contributed by atoms with Gasteiger partial charge < -0.3 is 13.3 Å². The molecule has 1 unspecified atom stereocenters. The Labute approximate surface area is 109 Å². The van der Waals surface area contributed by atoms with Crippen LogP contribution in [0.1, 0.15) is 27.2 Å². The lowest BCUT2D eigenvalue weighted by atomic mass is 10.1. The molecule has 1 saturated heterocycles. The molecule has 7 heteroatoms. The van der Waals surface area contributed by atoms with E-state index in [0.717, 1.165) is 0 Å². The molecule has 0 aromatic heterocycles. The van der Waals surface area contributed by atoms with Crippen molar-refractivity contribution >= 4 is 20.6 Å². The molecule has 0 N–H and O–H groups in total. The van der Waals surface area contributed by atoms with Crippen molar-refractivity contribution in [3.05, 3.63) is 0 Å². The Hall–Kier alpha value is -0.763. The van der Waals surface area contributed by atoms with Crippen LogP contribution in [0.4, 0.5) is 0 Å². The van der Waals surface area contributed by atoms with E-state index >= 15 is 0 Å². The van der Waals surface area contributed by atoms with E-state index in [1.807, 2.05) is 20.8 Å². The topological polar surface area (TPSA) is 65.1 Å². The smallest absolute Gasteiger partial charge is 0.376 e. The molecule has 1 aliphatic rings. The molecule has 2 amide bonds. The second-order valence-corrected chi connectivity index (χ2v) is 8.34. The molecule has 0 spiro atoms. The molecular weight excluding hydrogens is 254 g/mol. The van der Waals surface area contributed by atoms with Crippen LogP contribution in [0, 0.1) is 0 Å². The number of hydrogen-bond donors (Lipinski definition) is 0. The van der Waals surface area contributed by atoms with E-state index in [2.05, 4.69) is 0 Å². The molecule has 1 heterocycles. The van der Waals surface area contributed by atoms with Crippen LogP contribution in [0.25, 0.3) is 0 Å². The minimum atomic E-state index is -3.12. The summed E-state index contributed by atoms with van der Waals surface area (Å²) < 4.78 is 15.9. The quantitative estimate of drug-likeness (QED) is 0.560. The number of hydrogen-bond acceptors (Lipinski definition) is 5. The molecule has 1 atom stereocenters. The maximum Gasteiger partial charge on any atom is 0.513 e. The van der Waals surface area contributed by atoms with Gasteiger partial charge in [-0.15, -0.1) is 0 Å². The highest BCUT2D eigenvalue weighted by atomic mass is 28.4. The SMILES string of the molecule is CO[Si](OC)(OC)C1CC(=O)N(C(C)(C)C)C1=O. The van der Waals surface area contributed by atoms with E-state index < -0.39 is 19.9 Å². The fourth-order valence-corrected chi connectivity index (χ4v) is 4.50. The Morgan fingerprint density at radius 2 is 1.56 bits per heavy atom. The van der Waals surface area contributed by atoms with Crippen LogP contribution in [-0.4, -0.2) is 52.4 Å². The number of nitrogens with zero attached hydrogens (tertiary/aromatic N) is 1. The van der Waals surface area contributed by atoms with E-state index in [1.54, 1.807) is 0 Å². The van der Waals surface area contributed by atoms with Gasteiger partial charge in [-0.2, -0.15) is 0 Å². The van der Waals surface area contributed by atoms with Crippen molar-refractivity contribution in [3.63, 3.8) is 0 Å². The lowest BCUT2D eigenvalue weighted by molar-refractivity contribution is -0.143. The van der Waals surface area contributed by atoms with Crippen LogP contribution in [0.2, 0.25) is 5.54 Å². The van der Waals surface area contributed by atoms with Crippen molar-refractivity contribution in [1.82, 2.24) is 4.90 Å². The van der Waals surface area contributed by atoms with Crippen molar-refractivity contribution < 1.29 is 22.9 Å². The number of likely N-dealkylation sites (tertiary alicyclic amines) is 1. The molecule has 0 aromatic rings. The summed E-state index contributed by atoms with van der Waals surface area (Å²) in [7, 11) is 1.20. The number of carbonyl (C=O) groups is 2. The van der Waals surface area contributed by atoms with E-state index in [0.29, 0.717) is 0 Å². The first-order valence-corrected chi connectivity index (χ1v) is 7.56. The van der Waals surface area contributed by atoms with Crippen molar-refractivity contribution in [3.8, 4) is 0 Å². The van der Waals surface area contributed by atoms with Gasteiger partial charge in [-0.05, 0) is 20.8 Å². The largest absolute Gasteiger partial charge is 0.513 e. The normalized spacial score (nSPS) is 21.9. The standard InChI is InChI=1S/C11H21NO5Si/c1-11(2,3)12-9(13)7-8(10(12)14)18(15-4,16-5)17-6/h8H,7H2,1-6H3. The summed E-state index contributed by atoms with van der Waals surface area (Å²) >= 11 is 0. The number of rotatable bonds is 4. The van der Waals surface area contributed by atoms with Gasteiger partial charge in [-0.3, -0.25) is 14.5 Å². The summed E-state index contributed by atoms with van der Waals surface area (Å²) in [6.07, 6.45) is 0.0812. The summed E-state index contributed by atoms with van der Waals surface area (Å²) in [5.41, 5.74) is -1.19. The molecule has 104 valence electrons. The Morgan fingerprint density at radius 1 is 1.11 bits per heavy atom. The molecule has 1 rings (SSSR count). The van der Waals surface area contributed by atoms with E-state index in [-0.39, 0.29) is 18.2 Å². The average molecular weight is 275 g/mol.